The van der Waals surface area contributed by atoms with E-state index in [-0.39, 0.29) is 25.4 Å². The standard InChI is InChI=1S/C22H24N4O4S/c1-15-12-17(26-9-2-3-10-26)4-5-18(15)23-19(27)13-29-21(28)7-6-20-24-22(25-30-20)16-8-11-31-14-16/h4-5,8,11-12,14H,2-3,6-7,9-10,13H2,1H3,(H,23,27). The SMILES string of the molecule is Cc1cc(N2CCCC2)ccc1NC(=O)COC(=O)CCc1nc(-c2ccsc2)no1. The summed E-state index contributed by atoms with van der Waals surface area (Å²) in [6.45, 7) is 3.76. The quantitative estimate of drug-likeness (QED) is 0.532. The number of hydrogen-bond acceptors (Lipinski definition) is 8. The van der Waals surface area contributed by atoms with Crippen LogP contribution in [0.1, 0.15) is 30.7 Å². The highest BCUT2D eigenvalue weighted by molar-refractivity contribution is 7.08. The number of thiophene rings is 1. The van der Waals surface area contributed by atoms with Gasteiger partial charge in [0, 0.05) is 41.8 Å². The molecular weight excluding hydrogens is 416 g/mol. The molecule has 9 heteroatoms. The molecule has 162 valence electrons. The zero-order chi connectivity index (χ0) is 21.6. The lowest BCUT2D eigenvalue weighted by Crippen LogP contribution is -2.22. The Morgan fingerprint density at radius 1 is 1.26 bits per heavy atom. The summed E-state index contributed by atoms with van der Waals surface area (Å²) in [5.41, 5.74) is 3.74. The number of ether oxygens (including phenoxy) is 1. The Morgan fingerprint density at radius 3 is 2.84 bits per heavy atom. The number of amides is 1. The number of anilines is 2. The van der Waals surface area contributed by atoms with Gasteiger partial charge in [0.25, 0.3) is 5.91 Å². The van der Waals surface area contributed by atoms with Crippen molar-refractivity contribution in [1.82, 2.24) is 10.1 Å². The Labute approximate surface area is 184 Å². The van der Waals surface area contributed by atoms with Gasteiger partial charge in [-0.25, -0.2) is 0 Å². The predicted octanol–water partition coefficient (Wildman–Crippen LogP) is 3.82. The van der Waals surface area contributed by atoms with Crippen LogP contribution in [0.5, 0.6) is 0 Å². The lowest BCUT2D eigenvalue weighted by Gasteiger charge is -2.19. The van der Waals surface area contributed by atoms with Crippen LogP contribution < -0.4 is 10.2 Å². The van der Waals surface area contributed by atoms with E-state index in [0.29, 0.717) is 11.7 Å². The summed E-state index contributed by atoms with van der Waals surface area (Å²) in [4.78, 5) is 30.8. The summed E-state index contributed by atoms with van der Waals surface area (Å²) < 4.78 is 10.2. The van der Waals surface area contributed by atoms with Gasteiger partial charge in [-0.15, -0.1) is 0 Å². The van der Waals surface area contributed by atoms with Crippen molar-refractivity contribution < 1.29 is 18.8 Å². The molecule has 1 N–H and O–H groups in total. The van der Waals surface area contributed by atoms with E-state index in [0.717, 1.165) is 29.9 Å². The highest BCUT2D eigenvalue weighted by atomic mass is 32.1. The van der Waals surface area contributed by atoms with Crippen LogP contribution in [0.25, 0.3) is 11.4 Å². The fraction of sp³-hybridized carbons (Fsp3) is 0.364. The van der Waals surface area contributed by atoms with E-state index in [4.69, 9.17) is 9.26 Å². The molecule has 1 aliphatic rings. The lowest BCUT2D eigenvalue weighted by molar-refractivity contribution is -0.147. The van der Waals surface area contributed by atoms with Crippen molar-refractivity contribution in [2.45, 2.75) is 32.6 Å². The first kappa shape index (κ1) is 21.0. The molecule has 1 aromatic carbocycles. The molecule has 8 nitrogen and oxygen atoms in total. The Kier molecular flexibility index (Phi) is 6.61. The molecule has 4 rings (SSSR count). The minimum Gasteiger partial charge on any atom is -0.456 e. The third-order valence-electron chi connectivity index (χ3n) is 5.11. The maximum absolute atomic E-state index is 12.2. The molecule has 0 atom stereocenters. The second-order valence-corrected chi connectivity index (χ2v) is 8.21. The highest BCUT2D eigenvalue weighted by Gasteiger charge is 2.15. The van der Waals surface area contributed by atoms with Crippen molar-refractivity contribution in [2.75, 3.05) is 29.9 Å². The highest BCUT2D eigenvalue weighted by Crippen LogP contribution is 2.25. The van der Waals surface area contributed by atoms with Gasteiger partial charge in [0.1, 0.15) is 0 Å². The Hall–Kier alpha value is -3.20. The Morgan fingerprint density at radius 2 is 2.10 bits per heavy atom. The van der Waals surface area contributed by atoms with E-state index >= 15 is 0 Å². The maximum Gasteiger partial charge on any atom is 0.306 e. The predicted molar refractivity (Wildman–Crippen MR) is 118 cm³/mol. The van der Waals surface area contributed by atoms with Gasteiger partial charge in [-0.3, -0.25) is 9.59 Å². The van der Waals surface area contributed by atoms with E-state index in [1.807, 2.05) is 35.9 Å². The molecule has 31 heavy (non-hydrogen) atoms. The number of hydrogen-bond donors (Lipinski definition) is 1. The first-order valence-electron chi connectivity index (χ1n) is 10.2. The smallest absolute Gasteiger partial charge is 0.306 e. The van der Waals surface area contributed by atoms with Gasteiger partial charge in [0.05, 0.1) is 6.42 Å². The van der Waals surface area contributed by atoms with Crippen LogP contribution in [0, 0.1) is 6.92 Å². The van der Waals surface area contributed by atoms with Gasteiger partial charge in [0.15, 0.2) is 6.61 Å². The zero-order valence-electron chi connectivity index (χ0n) is 17.3. The molecular formula is C22H24N4O4S. The summed E-state index contributed by atoms with van der Waals surface area (Å²) in [7, 11) is 0. The molecule has 0 unspecified atom stereocenters. The topological polar surface area (TPSA) is 97.6 Å². The number of esters is 1. The first-order chi connectivity index (χ1) is 15.1. The molecule has 0 bridgehead atoms. The van der Waals surface area contributed by atoms with Gasteiger partial charge in [-0.05, 0) is 55.0 Å². The van der Waals surface area contributed by atoms with Crippen LogP contribution in [0.3, 0.4) is 0 Å². The monoisotopic (exact) mass is 440 g/mol. The van der Waals surface area contributed by atoms with Crippen molar-refractivity contribution >= 4 is 34.6 Å². The lowest BCUT2D eigenvalue weighted by atomic mass is 10.1. The molecule has 1 aliphatic heterocycles. The molecule has 1 fully saturated rings. The van der Waals surface area contributed by atoms with Gasteiger partial charge >= 0.3 is 5.97 Å². The minimum absolute atomic E-state index is 0.0576. The second-order valence-electron chi connectivity index (χ2n) is 7.43. The largest absolute Gasteiger partial charge is 0.456 e. The summed E-state index contributed by atoms with van der Waals surface area (Å²) >= 11 is 1.54. The van der Waals surface area contributed by atoms with E-state index in [1.165, 1.54) is 18.5 Å². The molecule has 0 aliphatic carbocycles. The van der Waals surface area contributed by atoms with Crippen LogP contribution in [0.15, 0.2) is 39.5 Å². The van der Waals surface area contributed by atoms with Gasteiger partial charge < -0.3 is 19.5 Å². The summed E-state index contributed by atoms with van der Waals surface area (Å²) in [6, 6.07) is 7.87. The fourth-order valence-electron chi connectivity index (χ4n) is 3.44. The molecule has 0 saturated carbocycles. The molecule has 0 spiro atoms. The number of carbonyl (C=O) groups is 2. The maximum atomic E-state index is 12.2. The van der Waals surface area contributed by atoms with Crippen LogP contribution in [-0.4, -0.2) is 41.7 Å². The molecule has 0 radical (unpaired) electrons. The second kappa shape index (κ2) is 9.74. The van der Waals surface area contributed by atoms with Crippen molar-refractivity contribution in [3.05, 3.63) is 46.5 Å². The third kappa shape index (κ3) is 5.49. The number of aromatic nitrogens is 2. The van der Waals surface area contributed by atoms with Crippen LogP contribution in [0.2, 0.25) is 0 Å². The zero-order valence-corrected chi connectivity index (χ0v) is 18.1. The number of rotatable bonds is 8. The number of nitrogens with zero attached hydrogens (tertiary/aromatic N) is 3. The van der Waals surface area contributed by atoms with Crippen molar-refractivity contribution in [3.8, 4) is 11.4 Å². The van der Waals surface area contributed by atoms with E-state index in [1.54, 1.807) is 11.3 Å². The summed E-state index contributed by atoms with van der Waals surface area (Å²) in [5, 5.41) is 10.5. The number of benzene rings is 1. The number of carbonyl (C=O) groups excluding carboxylic acids is 2. The van der Waals surface area contributed by atoms with Crippen molar-refractivity contribution in [1.29, 1.82) is 0 Å². The average Bonchev–Trinajstić information content (AvgIpc) is 3.54. The van der Waals surface area contributed by atoms with E-state index < -0.39 is 5.97 Å². The normalized spacial score (nSPS) is 13.4. The van der Waals surface area contributed by atoms with E-state index in [2.05, 4.69) is 26.4 Å². The molecule has 2 aromatic heterocycles. The molecule has 3 heterocycles. The average molecular weight is 441 g/mol. The van der Waals surface area contributed by atoms with Crippen molar-refractivity contribution in [2.24, 2.45) is 0 Å². The van der Waals surface area contributed by atoms with Crippen LogP contribution >= 0.6 is 11.3 Å². The minimum atomic E-state index is -0.494. The molecule has 1 saturated heterocycles. The summed E-state index contributed by atoms with van der Waals surface area (Å²) in [6.07, 6.45) is 2.74. The third-order valence-corrected chi connectivity index (χ3v) is 5.79. The van der Waals surface area contributed by atoms with Gasteiger partial charge in [-0.2, -0.15) is 16.3 Å². The van der Waals surface area contributed by atoms with E-state index in [9.17, 15) is 9.59 Å². The number of aryl methyl sites for hydroxylation is 2. The Bertz CT molecular complexity index is 1040. The van der Waals surface area contributed by atoms with Crippen LogP contribution in [-0.2, 0) is 20.7 Å². The first-order valence-corrected chi connectivity index (χ1v) is 11.2. The fourth-order valence-corrected chi connectivity index (χ4v) is 4.07. The summed E-state index contributed by atoms with van der Waals surface area (Å²) in [5.74, 6) is -0.0131. The van der Waals surface area contributed by atoms with Gasteiger partial charge in [0.2, 0.25) is 11.7 Å². The van der Waals surface area contributed by atoms with Gasteiger partial charge in [-0.1, -0.05) is 5.16 Å². The number of nitrogens with one attached hydrogen (secondary N) is 1. The molecule has 1 amide bonds. The van der Waals surface area contributed by atoms with Crippen molar-refractivity contribution in [3.63, 3.8) is 0 Å². The Balaban J connectivity index is 1.21. The van der Waals surface area contributed by atoms with Crippen LogP contribution in [0.4, 0.5) is 11.4 Å². The molecule has 3 aromatic rings.